The van der Waals surface area contributed by atoms with Gasteiger partial charge < -0.3 is 19.4 Å². The maximum atomic E-state index is 13.0. The van der Waals surface area contributed by atoms with Crippen LogP contribution in [0, 0.1) is 5.92 Å². The fourth-order valence-corrected chi connectivity index (χ4v) is 3.31. The van der Waals surface area contributed by atoms with Crippen molar-refractivity contribution in [2.24, 2.45) is 5.92 Å². The minimum Gasteiger partial charge on any atom is -0.451 e. The van der Waals surface area contributed by atoms with Gasteiger partial charge in [0.1, 0.15) is 5.58 Å². The highest BCUT2D eigenvalue weighted by molar-refractivity contribution is 5.99. The van der Waals surface area contributed by atoms with Crippen molar-refractivity contribution in [2.75, 3.05) is 26.7 Å². The largest absolute Gasteiger partial charge is 0.451 e. The second-order valence-corrected chi connectivity index (χ2v) is 6.22. The Labute approximate surface area is 147 Å². The second kappa shape index (κ2) is 7.70. The third-order valence-corrected chi connectivity index (χ3v) is 4.74. The molecule has 3 rings (SSSR count). The normalized spacial score (nSPS) is 15.5. The standard InChI is InChI=1S/C19H24N2O4/c1-3-24-12-15-14-6-4-5-7-16(14)25-17(15)19(23)21-10-8-13(9-11-21)18(22)20-2/h4-7,13H,3,8-12H2,1-2H3,(H,20,22). The van der Waals surface area contributed by atoms with Crippen LogP contribution in [0.15, 0.2) is 28.7 Å². The van der Waals surface area contributed by atoms with Gasteiger partial charge in [-0.15, -0.1) is 0 Å². The van der Waals surface area contributed by atoms with Gasteiger partial charge in [0.25, 0.3) is 5.91 Å². The van der Waals surface area contributed by atoms with Gasteiger partial charge in [-0.1, -0.05) is 18.2 Å². The van der Waals surface area contributed by atoms with E-state index in [2.05, 4.69) is 5.32 Å². The van der Waals surface area contributed by atoms with E-state index in [9.17, 15) is 9.59 Å². The first-order chi connectivity index (χ1) is 12.2. The summed E-state index contributed by atoms with van der Waals surface area (Å²) in [5.74, 6) is 0.259. The number of piperidine rings is 1. The molecule has 1 aromatic carbocycles. The van der Waals surface area contributed by atoms with Crippen LogP contribution >= 0.6 is 0 Å². The van der Waals surface area contributed by atoms with E-state index in [-0.39, 0.29) is 17.7 Å². The molecule has 1 saturated heterocycles. The zero-order valence-electron chi connectivity index (χ0n) is 14.7. The predicted molar refractivity (Wildman–Crippen MR) is 94.2 cm³/mol. The third-order valence-electron chi connectivity index (χ3n) is 4.74. The van der Waals surface area contributed by atoms with E-state index in [1.807, 2.05) is 31.2 Å². The Hall–Kier alpha value is -2.34. The lowest BCUT2D eigenvalue weighted by Crippen LogP contribution is -2.42. The van der Waals surface area contributed by atoms with E-state index in [4.69, 9.17) is 9.15 Å². The summed E-state index contributed by atoms with van der Waals surface area (Å²) in [5.41, 5.74) is 1.50. The van der Waals surface area contributed by atoms with Crippen LogP contribution in [0.4, 0.5) is 0 Å². The lowest BCUT2D eigenvalue weighted by atomic mass is 9.95. The van der Waals surface area contributed by atoms with Crippen LogP contribution in [0.3, 0.4) is 0 Å². The highest BCUT2D eigenvalue weighted by Crippen LogP contribution is 2.29. The number of nitrogens with zero attached hydrogens (tertiary/aromatic N) is 1. The van der Waals surface area contributed by atoms with Gasteiger partial charge in [0.15, 0.2) is 5.76 Å². The maximum absolute atomic E-state index is 13.0. The molecule has 1 N–H and O–H groups in total. The van der Waals surface area contributed by atoms with Crippen molar-refractivity contribution in [2.45, 2.75) is 26.4 Å². The van der Waals surface area contributed by atoms with E-state index in [1.165, 1.54) is 0 Å². The number of carbonyl (C=O) groups excluding carboxylic acids is 2. The Morgan fingerprint density at radius 2 is 2.00 bits per heavy atom. The molecule has 2 heterocycles. The van der Waals surface area contributed by atoms with Crippen molar-refractivity contribution in [1.82, 2.24) is 10.2 Å². The van der Waals surface area contributed by atoms with E-state index < -0.39 is 0 Å². The molecule has 2 amide bonds. The summed E-state index contributed by atoms with van der Waals surface area (Å²) in [5, 5.41) is 3.60. The molecule has 1 fully saturated rings. The van der Waals surface area contributed by atoms with Crippen molar-refractivity contribution < 1.29 is 18.7 Å². The number of fused-ring (bicyclic) bond motifs is 1. The topological polar surface area (TPSA) is 71.8 Å². The van der Waals surface area contributed by atoms with Crippen LogP contribution in [0.1, 0.15) is 35.9 Å². The van der Waals surface area contributed by atoms with Crippen LogP contribution in [0.25, 0.3) is 11.0 Å². The molecule has 134 valence electrons. The van der Waals surface area contributed by atoms with Crippen molar-refractivity contribution in [3.05, 3.63) is 35.6 Å². The smallest absolute Gasteiger partial charge is 0.289 e. The lowest BCUT2D eigenvalue weighted by Gasteiger charge is -2.30. The number of amides is 2. The summed E-state index contributed by atoms with van der Waals surface area (Å²) in [6.45, 7) is 3.96. The SMILES string of the molecule is CCOCc1c(C(=O)N2CCC(C(=O)NC)CC2)oc2ccccc12. The van der Waals surface area contributed by atoms with Crippen LogP contribution in [-0.4, -0.2) is 43.5 Å². The van der Waals surface area contributed by atoms with Crippen LogP contribution in [-0.2, 0) is 16.1 Å². The van der Waals surface area contributed by atoms with Crippen LogP contribution in [0.2, 0.25) is 0 Å². The molecule has 1 aliphatic heterocycles. The molecule has 0 spiro atoms. The van der Waals surface area contributed by atoms with Gasteiger partial charge in [-0.25, -0.2) is 0 Å². The molecule has 2 aromatic rings. The Bertz CT molecular complexity index is 760. The Kier molecular flexibility index (Phi) is 5.38. The van der Waals surface area contributed by atoms with Gasteiger partial charge in [0.2, 0.25) is 5.91 Å². The molecule has 0 atom stereocenters. The summed E-state index contributed by atoms with van der Waals surface area (Å²) >= 11 is 0. The maximum Gasteiger partial charge on any atom is 0.289 e. The molecule has 25 heavy (non-hydrogen) atoms. The number of rotatable bonds is 5. The molecule has 0 aliphatic carbocycles. The first kappa shape index (κ1) is 17.5. The number of hydrogen-bond acceptors (Lipinski definition) is 4. The molecule has 0 unspecified atom stereocenters. The molecule has 1 aromatic heterocycles. The van der Waals surface area contributed by atoms with Gasteiger partial charge >= 0.3 is 0 Å². The van der Waals surface area contributed by atoms with Gasteiger partial charge in [-0.3, -0.25) is 9.59 Å². The molecular weight excluding hydrogens is 320 g/mol. The van der Waals surface area contributed by atoms with E-state index in [1.54, 1.807) is 11.9 Å². The predicted octanol–water partition coefficient (Wildman–Crippen LogP) is 2.57. The van der Waals surface area contributed by atoms with Gasteiger partial charge in [-0.05, 0) is 25.8 Å². The van der Waals surface area contributed by atoms with Gasteiger partial charge in [0, 0.05) is 43.6 Å². The summed E-state index contributed by atoms with van der Waals surface area (Å²) < 4.78 is 11.4. The van der Waals surface area contributed by atoms with Crippen molar-refractivity contribution >= 4 is 22.8 Å². The molecule has 0 bridgehead atoms. The Morgan fingerprint density at radius 1 is 1.28 bits per heavy atom. The number of hydrogen-bond donors (Lipinski definition) is 1. The molecule has 6 heteroatoms. The molecule has 6 nitrogen and oxygen atoms in total. The second-order valence-electron chi connectivity index (χ2n) is 6.22. The first-order valence-electron chi connectivity index (χ1n) is 8.74. The fraction of sp³-hybridized carbons (Fsp3) is 0.474. The fourth-order valence-electron chi connectivity index (χ4n) is 3.31. The Morgan fingerprint density at radius 3 is 2.68 bits per heavy atom. The zero-order valence-corrected chi connectivity index (χ0v) is 14.7. The average molecular weight is 344 g/mol. The number of carbonyl (C=O) groups is 2. The molecule has 0 saturated carbocycles. The van der Waals surface area contributed by atoms with Crippen molar-refractivity contribution in [3.8, 4) is 0 Å². The van der Waals surface area contributed by atoms with Gasteiger partial charge in [-0.2, -0.15) is 0 Å². The lowest BCUT2D eigenvalue weighted by molar-refractivity contribution is -0.125. The number of benzene rings is 1. The summed E-state index contributed by atoms with van der Waals surface area (Å²) in [7, 11) is 1.65. The summed E-state index contributed by atoms with van der Waals surface area (Å²) in [6.07, 6.45) is 1.35. The summed E-state index contributed by atoms with van der Waals surface area (Å²) in [4.78, 5) is 26.5. The number of ether oxygens (including phenoxy) is 1. The molecular formula is C19H24N2O4. The quantitative estimate of drug-likeness (QED) is 0.905. The monoisotopic (exact) mass is 344 g/mol. The highest BCUT2D eigenvalue weighted by Gasteiger charge is 2.30. The highest BCUT2D eigenvalue weighted by atomic mass is 16.5. The van der Waals surface area contributed by atoms with E-state index >= 15 is 0 Å². The Balaban J connectivity index is 1.81. The number of para-hydroxylation sites is 1. The number of furan rings is 1. The van der Waals surface area contributed by atoms with Gasteiger partial charge in [0.05, 0.1) is 6.61 Å². The van der Waals surface area contributed by atoms with E-state index in [0.717, 1.165) is 10.9 Å². The minimum absolute atomic E-state index is 0.0207. The molecule has 1 aliphatic rings. The number of likely N-dealkylation sites (tertiary alicyclic amines) is 1. The zero-order chi connectivity index (χ0) is 17.8. The summed E-state index contributed by atoms with van der Waals surface area (Å²) in [6, 6.07) is 7.62. The van der Waals surface area contributed by atoms with Crippen molar-refractivity contribution in [1.29, 1.82) is 0 Å². The minimum atomic E-state index is -0.124. The average Bonchev–Trinajstić information content (AvgIpc) is 3.03. The molecule has 0 radical (unpaired) electrons. The third kappa shape index (κ3) is 3.54. The van der Waals surface area contributed by atoms with Crippen LogP contribution < -0.4 is 5.32 Å². The number of nitrogens with one attached hydrogen (secondary N) is 1. The van der Waals surface area contributed by atoms with Crippen molar-refractivity contribution in [3.63, 3.8) is 0 Å². The van der Waals surface area contributed by atoms with Crippen LogP contribution in [0.5, 0.6) is 0 Å². The van der Waals surface area contributed by atoms with E-state index in [0.29, 0.717) is 50.5 Å². The first-order valence-corrected chi connectivity index (χ1v) is 8.74.